The van der Waals surface area contributed by atoms with Gasteiger partial charge in [-0.1, -0.05) is 71.7 Å². The van der Waals surface area contributed by atoms with Crippen LogP contribution in [0.1, 0.15) is 49.9 Å². The van der Waals surface area contributed by atoms with E-state index in [0.29, 0.717) is 26.7 Å². The summed E-state index contributed by atoms with van der Waals surface area (Å²) < 4.78 is 0. The fourth-order valence-corrected chi connectivity index (χ4v) is 5.47. The van der Waals surface area contributed by atoms with E-state index in [0.717, 1.165) is 34.0 Å². The quantitative estimate of drug-likeness (QED) is 0.198. The zero-order chi connectivity index (χ0) is 33.5. The van der Waals surface area contributed by atoms with Gasteiger partial charge in [-0.15, -0.1) is 0 Å². The van der Waals surface area contributed by atoms with Gasteiger partial charge in [0.25, 0.3) is 11.8 Å². The first kappa shape index (κ1) is 36.7. The van der Waals surface area contributed by atoms with Crippen molar-refractivity contribution in [3.05, 3.63) is 147 Å². The number of aliphatic carboxylic acids is 2. The second kappa shape index (κ2) is 16.8. The Labute approximate surface area is 316 Å². The molecule has 238 valence electrons. The number of allylic oxidation sites excluding steroid dienone is 1. The number of hydrogen-bond donors (Lipinski definition) is 3. The molecule has 1 aromatic heterocycles. The van der Waals surface area contributed by atoms with Gasteiger partial charge in [0.2, 0.25) is 0 Å². The van der Waals surface area contributed by atoms with Gasteiger partial charge in [-0.05, 0) is 84.1 Å². The SMILES string of the molecule is O=C(N[C@@H](C(=O)[O-])c1c[nH]c2ccccc12)c1ccc(Cl)cc1.O=C(N[C@@H](CC1=CCc2ccccc21)C(=O)[O-])c1ccc(Cl)cc1.[Ca+2]. The van der Waals surface area contributed by atoms with Crippen LogP contribution in [0.15, 0.2) is 109 Å². The standard InChI is InChI=1S/C19H16ClNO3.C17H13ClN2O3.Ca/c20-15-9-7-13(8-10-15)18(22)21-17(19(23)24)11-14-6-5-12-3-1-2-4-16(12)14;18-11-7-5-10(6-8-11)16(21)20-15(17(22)23)13-9-19-14-4-2-1-3-12(13)14;/h1-4,6-10,17H,5,11H2,(H,21,22)(H,23,24);1-9,15,19H,(H,20,21)(H,22,23);/q;;+2/p-2/t17-;15-;/m01./s1. The summed E-state index contributed by atoms with van der Waals surface area (Å²) in [6.07, 6.45) is 4.53. The van der Waals surface area contributed by atoms with E-state index in [9.17, 15) is 29.4 Å². The van der Waals surface area contributed by atoms with E-state index in [1.807, 2.05) is 42.5 Å². The predicted molar refractivity (Wildman–Crippen MR) is 181 cm³/mol. The van der Waals surface area contributed by atoms with Gasteiger partial charge in [0.1, 0.15) is 0 Å². The molecule has 1 aliphatic carbocycles. The van der Waals surface area contributed by atoms with Crippen LogP contribution in [-0.4, -0.2) is 72.5 Å². The molecule has 1 heterocycles. The van der Waals surface area contributed by atoms with E-state index < -0.39 is 35.8 Å². The maximum atomic E-state index is 12.2. The number of carboxylic acids is 2. The molecular formula is C36H27CaCl2N3O6. The third-order valence-corrected chi connectivity index (χ3v) is 8.11. The first-order valence-corrected chi connectivity index (χ1v) is 15.2. The number of aromatic nitrogens is 1. The average Bonchev–Trinajstić information content (AvgIpc) is 3.68. The van der Waals surface area contributed by atoms with Crippen LogP contribution in [0.25, 0.3) is 16.5 Å². The number of nitrogens with one attached hydrogen (secondary N) is 3. The fourth-order valence-electron chi connectivity index (χ4n) is 5.22. The van der Waals surface area contributed by atoms with Gasteiger partial charge in [-0.25, -0.2) is 0 Å². The molecule has 6 rings (SSSR count). The minimum atomic E-state index is -1.38. The predicted octanol–water partition coefficient (Wildman–Crippen LogP) is 3.88. The Morgan fingerprint density at radius 3 is 1.90 bits per heavy atom. The molecule has 12 heteroatoms. The van der Waals surface area contributed by atoms with Gasteiger partial charge in [0.05, 0.1) is 24.0 Å². The third kappa shape index (κ3) is 9.06. The van der Waals surface area contributed by atoms with Crippen molar-refractivity contribution in [1.82, 2.24) is 15.6 Å². The van der Waals surface area contributed by atoms with E-state index in [2.05, 4.69) is 15.6 Å². The Hall–Kier alpha value is -4.12. The molecule has 0 aliphatic heterocycles. The molecular weight excluding hydrogens is 681 g/mol. The van der Waals surface area contributed by atoms with Crippen LogP contribution in [-0.2, 0) is 16.0 Å². The monoisotopic (exact) mass is 707 g/mol. The van der Waals surface area contributed by atoms with Crippen molar-refractivity contribution < 1.29 is 29.4 Å². The topological polar surface area (TPSA) is 154 Å². The van der Waals surface area contributed by atoms with Crippen molar-refractivity contribution in [2.45, 2.75) is 24.9 Å². The zero-order valence-corrected chi connectivity index (χ0v) is 29.1. The van der Waals surface area contributed by atoms with Crippen molar-refractivity contribution in [3.63, 3.8) is 0 Å². The Morgan fingerprint density at radius 2 is 1.29 bits per heavy atom. The maximum Gasteiger partial charge on any atom is 2.00 e. The summed E-state index contributed by atoms with van der Waals surface area (Å²) >= 11 is 11.6. The maximum absolute atomic E-state index is 12.2. The molecule has 0 spiro atoms. The zero-order valence-electron chi connectivity index (χ0n) is 25.4. The number of para-hydroxylation sites is 1. The summed E-state index contributed by atoms with van der Waals surface area (Å²) in [6, 6.07) is 25.2. The molecule has 0 saturated carbocycles. The summed E-state index contributed by atoms with van der Waals surface area (Å²) in [5.74, 6) is -3.66. The second-order valence-corrected chi connectivity index (χ2v) is 11.5. The molecule has 9 nitrogen and oxygen atoms in total. The van der Waals surface area contributed by atoms with E-state index in [1.165, 1.54) is 12.1 Å². The number of carbonyl (C=O) groups is 4. The van der Waals surface area contributed by atoms with Crippen LogP contribution in [0.3, 0.4) is 0 Å². The Balaban J connectivity index is 0.000000212. The van der Waals surface area contributed by atoms with E-state index in [-0.39, 0.29) is 44.2 Å². The number of halogens is 2. The van der Waals surface area contributed by atoms with Crippen molar-refractivity contribution in [2.75, 3.05) is 0 Å². The van der Waals surface area contributed by atoms with Crippen molar-refractivity contribution in [2.24, 2.45) is 0 Å². The molecule has 0 saturated heterocycles. The van der Waals surface area contributed by atoms with Crippen LogP contribution < -0.4 is 20.8 Å². The largest absolute Gasteiger partial charge is 2.00 e. The summed E-state index contributed by atoms with van der Waals surface area (Å²) in [4.78, 5) is 50.4. The van der Waals surface area contributed by atoms with Crippen LogP contribution in [0, 0.1) is 0 Å². The summed E-state index contributed by atoms with van der Waals surface area (Å²) in [5.41, 5.74) is 5.01. The Morgan fingerprint density at radius 1 is 0.729 bits per heavy atom. The van der Waals surface area contributed by atoms with Crippen LogP contribution in [0.4, 0.5) is 0 Å². The Bertz CT molecular complexity index is 1980. The minimum absolute atomic E-state index is 0. The molecule has 2 atom stereocenters. The molecule has 0 radical (unpaired) electrons. The van der Waals surface area contributed by atoms with Crippen LogP contribution in [0.5, 0.6) is 0 Å². The molecule has 1 aliphatic rings. The molecule has 48 heavy (non-hydrogen) atoms. The smallest absolute Gasteiger partial charge is 0.548 e. The minimum Gasteiger partial charge on any atom is -0.548 e. The number of fused-ring (bicyclic) bond motifs is 2. The van der Waals surface area contributed by atoms with Crippen molar-refractivity contribution in [1.29, 1.82) is 0 Å². The third-order valence-electron chi connectivity index (χ3n) is 7.60. The van der Waals surface area contributed by atoms with Gasteiger partial charge in [0.15, 0.2) is 0 Å². The summed E-state index contributed by atoms with van der Waals surface area (Å²) in [6.45, 7) is 0. The number of carboxylic acid groups (broad SMARTS) is 2. The normalized spacial score (nSPS) is 12.7. The average molecular weight is 709 g/mol. The number of hydrogen-bond acceptors (Lipinski definition) is 6. The van der Waals surface area contributed by atoms with Crippen molar-refractivity contribution >= 4 is 101 Å². The molecule has 5 aromatic rings. The summed E-state index contributed by atoms with van der Waals surface area (Å²) in [7, 11) is 0. The van der Waals surface area contributed by atoms with Crippen molar-refractivity contribution in [3.8, 4) is 0 Å². The fraction of sp³-hybridized carbons (Fsp3) is 0.111. The molecule has 4 aromatic carbocycles. The molecule has 0 unspecified atom stereocenters. The number of aromatic amines is 1. The van der Waals surface area contributed by atoms with Crippen LogP contribution in [0.2, 0.25) is 10.0 Å². The molecule has 0 bridgehead atoms. The van der Waals surface area contributed by atoms with E-state index in [1.54, 1.807) is 54.7 Å². The van der Waals surface area contributed by atoms with Gasteiger partial charge in [0, 0.05) is 43.8 Å². The van der Waals surface area contributed by atoms with Gasteiger partial charge in [-0.2, -0.15) is 0 Å². The molecule has 0 fully saturated rings. The Kier molecular flexibility index (Phi) is 12.9. The number of amides is 2. The van der Waals surface area contributed by atoms with Gasteiger partial charge in [-0.3, -0.25) is 9.59 Å². The van der Waals surface area contributed by atoms with Crippen LogP contribution >= 0.6 is 23.2 Å². The number of rotatable bonds is 9. The second-order valence-electron chi connectivity index (χ2n) is 10.7. The number of carbonyl (C=O) groups excluding carboxylic acids is 4. The number of benzene rings is 4. The van der Waals surface area contributed by atoms with Gasteiger partial charge < -0.3 is 35.4 Å². The molecule has 3 N–H and O–H groups in total. The van der Waals surface area contributed by atoms with E-state index >= 15 is 0 Å². The van der Waals surface area contributed by atoms with Gasteiger partial charge >= 0.3 is 37.7 Å². The molecule has 2 amide bonds. The number of H-pyrrole nitrogens is 1. The first-order valence-electron chi connectivity index (χ1n) is 14.5. The first-order chi connectivity index (χ1) is 22.6. The summed E-state index contributed by atoms with van der Waals surface area (Å²) in [5, 5.41) is 29.7. The van der Waals surface area contributed by atoms with E-state index in [4.69, 9.17) is 23.2 Å².